The molecule has 0 aromatic heterocycles. The van der Waals surface area contributed by atoms with E-state index in [0.717, 1.165) is 8.95 Å². The summed E-state index contributed by atoms with van der Waals surface area (Å²) in [5.74, 6) is -0.295. The van der Waals surface area contributed by atoms with Crippen LogP contribution in [0.15, 0.2) is 45.3 Å². The minimum Gasteiger partial charge on any atom is -0.295 e. The average Bonchev–Trinajstić information content (AvgIpc) is 2.53. The molecule has 2 aromatic rings. The van der Waals surface area contributed by atoms with Crippen LogP contribution < -0.4 is 5.48 Å². The molecule has 0 unspecified atom stereocenters. The van der Waals surface area contributed by atoms with Crippen LogP contribution in [-0.4, -0.2) is 18.8 Å². The van der Waals surface area contributed by atoms with Crippen LogP contribution in [0.3, 0.4) is 0 Å². The van der Waals surface area contributed by atoms with E-state index in [9.17, 15) is 9.59 Å². The topological polar surface area (TPSA) is 55.4 Å². The van der Waals surface area contributed by atoms with Crippen LogP contribution in [0, 0.1) is 0 Å². The van der Waals surface area contributed by atoms with Crippen LogP contribution in [0.2, 0.25) is 10.0 Å². The minimum absolute atomic E-state index is 0. The summed E-state index contributed by atoms with van der Waals surface area (Å²) in [4.78, 5) is 26.5. The first kappa shape index (κ1) is 24.1. The molecule has 25 heavy (non-hydrogen) atoms. The van der Waals surface area contributed by atoms with E-state index in [-0.39, 0.29) is 19.1 Å². The van der Waals surface area contributed by atoms with E-state index in [1.54, 1.807) is 36.4 Å². The van der Waals surface area contributed by atoms with Gasteiger partial charge in [0.1, 0.15) is 0 Å². The quantitative estimate of drug-likeness (QED) is 0.385. The van der Waals surface area contributed by atoms with Gasteiger partial charge in [-0.05, 0) is 69.1 Å². The Morgan fingerprint density at radius 3 is 1.80 bits per heavy atom. The van der Waals surface area contributed by atoms with Crippen molar-refractivity contribution in [3.63, 3.8) is 0 Å². The fraction of sp³-hybridized carbons (Fsp3) is 0.176. The number of Topliss-reactive ketones (excluding diaryl/α,β-unsaturated/α-hetero) is 1. The van der Waals surface area contributed by atoms with E-state index in [0.29, 0.717) is 21.2 Å². The number of benzene rings is 2. The highest BCUT2D eigenvalue weighted by molar-refractivity contribution is 9.10. The van der Waals surface area contributed by atoms with Crippen molar-refractivity contribution < 1.29 is 14.4 Å². The van der Waals surface area contributed by atoms with Gasteiger partial charge in [-0.3, -0.25) is 14.4 Å². The highest BCUT2D eigenvalue weighted by Crippen LogP contribution is 2.23. The lowest BCUT2D eigenvalue weighted by Crippen LogP contribution is -2.21. The SMILES string of the molecule is C.CC(=O)c1ccc(Br)c(Cl)c1.CONC(=O)c1ccc(Br)c(Cl)c1. The molecule has 0 spiro atoms. The van der Waals surface area contributed by atoms with Gasteiger partial charge >= 0.3 is 0 Å². The number of hydroxylamine groups is 1. The molecule has 0 bridgehead atoms. The predicted molar refractivity (Wildman–Crippen MR) is 110 cm³/mol. The molecule has 0 saturated heterocycles. The minimum atomic E-state index is -0.322. The van der Waals surface area contributed by atoms with E-state index in [4.69, 9.17) is 23.2 Å². The maximum atomic E-state index is 11.2. The summed E-state index contributed by atoms with van der Waals surface area (Å²) in [5, 5.41) is 1.06. The van der Waals surface area contributed by atoms with Crippen molar-refractivity contribution in [1.82, 2.24) is 5.48 Å². The van der Waals surface area contributed by atoms with Crippen molar-refractivity contribution in [3.8, 4) is 0 Å². The number of hydrogen-bond acceptors (Lipinski definition) is 3. The average molecular weight is 514 g/mol. The lowest BCUT2D eigenvalue weighted by molar-refractivity contribution is 0.0537. The van der Waals surface area contributed by atoms with E-state index in [1.165, 1.54) is 14.0 Å². The Hall–Kier alpha value is -0.920. The van der Waals surface area contributed by atoms with Crippen molar-refractivity contribution >= 4 is 66.8 Å². The fourth-order valence-electron chi connectivity index (χ4n) is 1.50. The molecule has 2 rings (SSSR count). The number of carbonyl (C=O) groups excluding carboxylic acids is 2. The number of halogens is 4. The molecule has 0 aliphatic carbocycles. The van der Waals surface area contributed by atoms with Crippen molar-refractivity contribution in [2.24, 2.45) is 0 Å². The standard InChI is InChI=1S/C8H7BrClNO2.C8H6BrClO.CH4/c1-13-11-8(12)5-2-3-6(9)7(10)4-5;1-5(11)6-2-3-7(9)8(10)4-6;/h2-4H,1H3,(H,11,12);2-4H,1H3;1H4. The first-order chi connectivity index (χ1) is 11.3. The Morgan fingerprint density at radius 1 is 0.960 bits per heavy atom. The van der Waals surface area contributed by atoms with Crippen molar-refractivity contribution in [1.29, 1.82) is 0 Å². The molecule has 0 heterocycles. The summed E-state index contributed by atoms with van der Waals surface area (Å²) >= 11 is 18.0. The molecule has 136 valence electrons. The second kappa shape index (κ2) is 11.6. The predicted octanol–water partition coefficient (Wildman–Crippen LogP) is 6.33. The molecule has 0 atom stereocenters. The number of rotatable bonds is 3. The third kappa shape index (κ3) is 7.88. The zero-order valence-electron chi connectivity index (χ0n) is 12.7. The van der Waals surface area contributed by atoms with E-state index in [1.807, 2.05) is 0 Å². The van der Waals surface area contributed by atoms with Gasteiger partial charge < -0.3 is 0 Å². The molecule has 8 heteroatoms. The summed E-state index contributed by atoms with van der Waals surface area (Å²) in [6, 6.07) is 10.0. The van der Waals surface area contributed by atoms with E-state index < -0.39 is 0 Å². The van der Waals surface area contributed by atoms with Gasteiger partial charge in [-0.2, -0.15) is 0 Å². The van der Waals surface area contributed by atoms with Crippen molar-refractivity contribution in [2.45, 2.75) is 14.4 Å². The second-order valence-electron chi connectivity index (χ2n) is 4.45. The zero-order chi connectivity index (χ0) is 18.3. The van der Waals surface area contributed by atoms with Crippen LogP contribution in [0.4, 0.5) is 0 Å². The Labute approximate surface area is 174 Å². The second-order valence-corrected chi connectivity index (χ2v) is 6.97. The number of amides is 1. The van der Waals surface area contributed by atoms with Gasteiger partial charge in [-0.1, -0.05) is 36.7 Å². The fourth-order valence-corrected chi connectivity index (χ4v) is 2.36. The van der Waals surface area contributed by atoms with Crippen LogP contribution in [-0.2, 0) is 4.84 Å². The maximum Gasteiger partial charge on any atom is 0.274 e. The number of hydrogen-bond donors (Lipinski definition) is 1. The Kier molecular flexibility index (Phi) is 11.2. The molecule has 0 aliphatic rings. The maximum absolute atomic E-state index is 11.2. The molecule has 1 amide bonds. The zero-order valence-corrected chi connectivity index (χ0v) is 17.4. The Balaban J connectivity index is 0.000000449. The Bertz CT molecular complexity index is 755. The van der Waals surface area contributed by atoms with Crippen LogP contribution >= 0.6 is 55.1 Å². The summed E-state index contributed by atoms with van der Waals surface area (Å²) in [5.41, 5.74) is 3.29. The highest BCUT2D eigenvalue weighted by Gasteiger charge is 2.06. The van der Waals surface area contributed by atoms with Gasteiger partial charge in [0.05, 0.1) is 17.2 Å². The molecule has 0 saturated carbocycles. The van der Waals surface area contributed by atoms with Gasteiger partial charge in [0, 0.05) is 20.1 Å². The van der Waals surface area contributed by atoms with Gasteiger partial charge in [0.25, 0.3) is 5.91 Å². The van der Waals surface area contributed by atoms with Gasteiger partial charge in [0.2, 0.25) is 0 Å². The molecule has 4 nitrogen and oxygen atoms in total. The molecular formula is C17H17Br2Cl2NO3. The third-order valence-corrected chi connectivity index (χ3v) is 5.17. The lowest BCUT2D eigenvalue weighted by atomic mass is 10.2. The molecule has 0 radical (unpaired) electrons. The molecule has 1 N–H and O–H groups in total. The number of ketones is 1. The normalized spacial score (nSPS) is 9.36. The van der Waals surface area contributed by atoms with Crippen molar-refractivity contribution in [2.75, 3.05) is 7.11 Å². The van der Waals surface area contributed by atoms with Crippen molar-refractivity contribution in [3.05, 3.63) is 66.5 Å². The van der Waals surface area contributed by atoms with Crippen LogP contribution in [0.25, 0.3) is 0 Å². The summed E-state index contributed by atoms with van der Waals surface area (Å²) in [6.45, 7) is 1.51. The first-order valence-electron chi connectivity index (χ1n) is 6.50. The van der Waals surface area contributed by atoms with Crippen LogP contribution in [0.1, 0.15) is 35.1 Å². The van der Waals surface area contributed by atoms with Gasteiger partial charge in [-0.25, -0.2) is 5.48 Å². The largest absolute Gasteiger partial charge is 0.295 e. The Morgan fingerprint density at radius 2 is 1.40 bits per heavy atom. The monoisotopic (exact) mass is 511 g/mol. The molecule has 0 aliphatic heterocycles. The van der Waals surface area contributed by atoms with E-state index >= 15 is 0 Å². The van der Waals surface area contributed by atoms with Crippen LogP contribution in [0.5, 0.6) is 0 Å². The number of nitrogens with one attached hydrogen (secondary N) is 1. The highest BCUT2D eigenvalue weighted by atomic mass is 79.9. The first-order valence-corrected chi connectivity index (χ1v) is 8.84. The summed E-state index contributed by atoms with van der Waals surface area (Å²) in [7, 11) is 1.37. The van der Waals surface area contributed by atoms with Gasteiger partial charge in [-0.15, -0.1) is 0 Å². The van der Waals surface area contributed by atoms with E-state index in [2.05, 4.69) is 42.2 Å². The smallest absolute Gasteiger partial charge is 0.274 e. The summed E-state index contributed by atoms with van der Waals surface area (Å²) in [6.07, 6.45) is 0. The summed E-state index contributed by atoms with van der Waals surface area (Å²) < 4.78 is 1.56. The molecular weight excluding hydrogens is 497 g/mol. The molecule has 0 fully saturated rings. The number of carbonyl (C=O) groups is 2. The third-order valence-electron chi connectivity index (χ3n) is 2.70. The molecule has 2 aromatic carbocycles. The van der Waals surface area contributed by atoms with Gasteiger partial charge in [0.15, 0.2) is 5.78 Å². The lowest BCUT2D eigenvalue weighted by Gasteiger charge is -2.02.